The van der Waals surface area contributed by atoms with Crippen molar-refractivity contribution in [2.75, 3.05) is 47.8 Å². The molecule has 7 aliphatic rings. The Kier molecular flexibility index (Phi) is 6.99. The van der Waals surface area contributed by atoms with Gasteiger partial charge < -0.3 is 15.1 Å². The molecule has 5 heterocycles. The summed E-state index contributed by atoms with van der Waals surface area (Å²) in [7, 11) is 0. The van der Waals surface area contributed by atoms with E-state index in [2.05, 4.69) is 38.7 Å². The molecule has 234 valence electrons. The second-order valence-electron chi connectivity index (χ2n) is 15.3. The number of hydrogen-bond acceptors (Lipinski definition) is 7. The first kappa shape index (κ1) is 28.5. The number of carbonyl (C=O) groups is 2. The third-order valence-corrected chi connectivity index (χ3v) is 12.2. The molecule has 6 fully saturated rings. The molecule has 3 amide bonds. The van der Waals surface area contributed by atoms with Crippen LogP contribution in [0.2, 0.25) is 0 Å². The summed E-state index contributed by atoms with van der Waals surface area (Å²) < 4.78 is 3.01. The van der Waals surface area contributed by atoms with E-state index < -0.39 is 0 Å². The molecule has 4 saturated carbocycles. The van der Waals surface area contributed by atoms with Gasteiger partial charge in [-0.1, -0.05) is 6.07 Å². The lowest BCUT2D eigenvalue weighted by atomic mass is 9.49. The third-order valence-electron chi connectivity index (χ3n) is 11.5. The topological polar surface area (TPSA) is 93.7 Å². The van der Waals surface area contributed by atoms with E-state index in [4.69, 9.17) is 4.98 Å². The predicted octanol–water partition coefficient (Wildman–Crippen LogP) is 6.18. The normalized spacial score (nSPS) is 32.6. The average Bonchev–Trinajstić information content (AvgIpc) is 3.49. The minimum absolute atomic E-state index is 0.0716. The highest BCUT2D eigenvalue weighted by molar-refractivity contribution is 7.97. The zero-order valence-corrected chi connectivity index (χ0v) is 26.9. The van der Waals surface area contributed by atoms with Crippen molar-refractivity contribution >= 4 is 41.3 Å². The molecule has 0 aromatic carbocycles. The Morgan fingerprint density at radius 1 is 0.932 bits per heavy atom. The Morgan fingerprint density at radius 2 is 1.70 bits per heavy atom. The Bertz CT molecular complexity index is 1430. The van der Waals surface area contributed by atoms with Crippen LogP contribution in [0.3, 0.4) is 0 Å². The fourth-order valence-corrected chi connectivity index (χ4v) is 10.7. The maximum Gasteiger partial charge on any atom is 0.325 e. The molecular weight excluding hydrogens is 570 g/mol. The first-order chi connectivity index (χ1) is 21.2. The number of anilines is 3. The number of nitrogens with one attached hydrogen (secondary N) is 2. The maximum absolute atomic E-state index is 13.9. The fraction of sp³-hybridized carbons (Fsp3) is 0.647. The highest BCUT2D eigenvalue weighted by Gasteiger charge is 2.52. The molecule has 0 unspecified atom stereocenters. The lowest BCUT2D eigenvalue weighted by molar-refractivity contribution is -0.0621. The van der Waals surface area contributed by atoms with E-state index in [1.807, 2.05) is 35.2 Å². The summed E-state index contributed by atoms with van der Waals surface area (Å²) >= 11 is 1.22. The molecule has 9 rings (SSSR count). The quantitative estimate of drug-likeness (QED) is 0.398. The summed E-state index contributed by atoms with van der Waals surface area (Å²) in [6, 6.07) is 9.64. The van der Waals surface area contributed by atoms with Crippen LogP contribution in [-0.4, -0.2) is 65.1 Å². The summed E-state index contributed by atoms with van der Waals surface area (Å²) in [4.78, 5) is 43.7. The van der Waals surface area contributed by atoms with Gasteiger partial charge in [0.1, 0.15) is 22.5 Å². The van der Waals surface area contributed by atoms with Gasteiger partial charge in [-0.05, 0) is 125 Å². The summed E-state index contributed by atoms with van der Waals surface area (Å²) in [5.41, 5.74) is 0.698. The van der Waals surface area contributed by atoms with E-state index >= 15 is 0 Å². The number of nitrogens with zero attached hydrogens (tertiary/aromatic N) is 5. The summed E-state index contributed by atoms with van der Waals surface area (Å²) in [6.45, 7) is 8.48. The van der Waals surface area contributed by atoms with Crippen molar-refractivity contribution in [2.45, 2.75) is 82.2 Å². The first-order valence-corrected chi connectivity index (χ1v) is 17.6. The molecule has 9 nitrogen and oxygen atoms in total. The number of pyridine rings is 2. The van der Waals surface area contributed by atoms with E-state index in [0.717, 1.165) is 74.0 Å². The molecule has 8 bridgehead atoms. The number of fused-ring (bicyclic) bond motifs is 6. The van der Waals surface area contributed by atoms with Crippen LogP contribution in [0.5, 0.6) is 0 Å². The number of aromatic nitrogens is 2. The molecule has 0 radical (unpaired) electrons. The van der Waals surface area contributed by atoms with Crippen molar-refractivity contribution < 1.29 is 9.59 Å². The number of amides is 3. The Hall–Kier alpha value is -3.01. The van der Waals surface area contributed by atoms with E-state index in [1.54, 1.807) is 0 Å². The zero-order chi connectivity index (χ0) is 30.1. The van der Waals surface area contributed by atoms with Crippen molar-refractivity contribution in [3.8, 4) is 0 Å². The van der Waals surface area contributed by atoms with Gasteiger partial charge in [-0.3, -0.25) is 14.4 Å². The summed E-state index contributed by atoms with van der Waals surface area (Å²) in [5, 5.41) is 4.17. The highest BCUT2D eigenvalue weighted by Crippen LogP contribution is 2.60. The van der Waals surface area contributed by atoms with Crippen LogP contribution in [-0.2, 0) is 0 Å². The van der Waals surface area contributed by atoms with Gasteiger partial charge in [0.25, 0.3) is 5.91 Å². The van der Waals surface area contributed by atoms with Gasteiger partial charge in [-0.25, -0.2) is 14.8 Å². The van der Waals surface area contributed by atoms with E-state index in [1.165, 1.54) is 50.5 Å². The third kappa shape index (κ3) is 5.20. The molecule has 2 aromatic rings. The van der Waals surface area contributed by atoms with E-state index in [0.29, 0.717) is 35.1 Å². The molecular formula is C34H45N7O2S. The van der Waals surface area contributed by atoms with Gasteiger partial charge >= 0.3 is 6.03 Å². The average molecular weight is 616 g/mol. The van der Waals surface area contributed by atoms with Crippen molar-refractivity contribution in [1.29, 1.82) is 0 Å². The monoisotopic (exact) mass is 615 g/mol. The van der Waals surface area contributed by atoms with Crippen LogP contribution in [0.25, 0.3) is 0 Å². The minimum atomic E-state index is -0.200. The van der Waals surface area contributed by atoms with Crippen LogP contribution in [0.4, 0.5) is 22.2 Å². The molecule has 2 N–H and O–H groups in total. The number of hydrogen-bond donors (Lipinski definition) is 2. The molecule has 0 spiro atoms. The Labute approximate surface area is 265 Å². The lowest BCUT2D eigenvalue weighted by Crippen LogP contribution is -2.51. The molecule has 4 aliphatic carbocycles. The van der Waals surface area contributed by atoms with Crippen LogP contribution >= 0.6 is 11.9 Å². The van der Waals surface area contributed by atoms with Crippen molar-refractivity contribution in [2.24, 2.45) is 29.1 Å². The number of carbonyl (C=O) groups excluding carboxylic acids is 2. The highest BCUT2D eigenvalue weighted by atomic mass is 32.2. The largest absolute Gasteiger partial charge is 0.370 e. The van der Waals surface area contributed by atoms with Crippen molar-refractivity contribution in [3.63, 3.8) is 0 Å². The van der Waals surface area contributed by atoms with Gasteiger partial charge in [-0.15, -0.1) is 0 Å². The minimum Gasteiger partial charge on any atom is -0.370 e. The van der Waals surface area contributed by atoms with Crippen LogP contribution in [0.1, 0.15) is 82.0 Å². The van der Waals surface area contributed by atoms with Gasteiger partial charge in [-0.2, -0.15) is 0 Å². The Morgan fingerprint density at radius 3 is 2.48 bits per heavy atom. The molecule has 1 atom stereocenters. The van der Waals surface area contributed by atoms with E-state index in [9.17, 15) is 9.59 Å². The van der Waals surface area contributed by atoms with Gasteiger partial charge in [0.15, 0.2) is 0 Å². The molecule has 10 heteroatoms. The second-order valence-corrected chi connectivity index (χ2v) is 16.1. The van der Waals surface area contributed by atoms with Crippen LogP contribution in [0.15, 0.2) is 35.4 Å². The Balaban J connectivity index is 1.07. The second kappa shape index (κ2) is 10.8. The summed E-state index contributed by atoms with van der Waals surface area (Å²) in [6.07, 6.45) is 11.3. The van der Waals surface area contributed by atoms with Crippen molar-refractivity contribution in [1.82, 2.24) is 19.6 Å². The molecule has 2 saturated heterocycles. The lowest BCUT2D eigenvalue weighted by Gasteiger charge is -2.57. The molecule has 44 heavy (non-hydrogen) atoms. The van der Waals surface area contributed by atoms with Crippen LogP contribution < -0.4 is 19.8 Å². The predicted molar refractivity (Wildman–Crippen MR) is 174 cm³/mol. The fourth-order valence-electron chi connectivity index (χ4n) is 10.1. The maximum atomic E-state index is 13.9. The zero-order valence-electron chi connectivity index (χ0n) is 26.1. The van der Waals surface area contributed by atoms with Crippen molar-refractivity contribution in [3.05, 3.63) is 35.9 Å². The summed E-state index contributed by atoms with van der Waals surface area (Å²) in [5.74, 6) is 5.07. The van der Waals surface area contributed by atoms with Crippen LogP contribution in [0, 0.1) is 29.1 Å². The number of rotatable bonds is 3. The first-order valence-electron chi connectivity index (χ1n) is 16.8. The number of urea groups is 1. The smallest absolute Gasteiger partial charge is 0.325 e. The van der Waals surface area contributed by atoms with Gasteiger partial charge in [0, 0.05) is 50.2 Å². The molecule has 2 aromatic heterocycles. The standard InChI is InChI=1S/C34H45N7O2S/c1-33(2)16-22-5-4-10-35-27-6-3-7-29(36-27)44-38-31(42)26-8-9-28(37-30(26)41(33)20-22)40-12-11-39(32(40)43)21-34-17-23-13-24(18-34)15-25(14-23)19-34/h3,6-9,22-25H,4-5,10-21H2,1-2H3,(H,35,36)(H,38,42)/t22-,23?,24?,25?,34?/m0/s1. The molecule has 3 aliphatic heterocycles. The SMILES string of the molecule is CC1(C)C[C@@H]2CCCNc3cccc(n3)SNC(=O)c3ccc(N4CCN(CC56CC7CC(CC(C7)C5)C6)C4=O)nc3N1C2. The van der Waals surface area contributed by atoms with Gasteiger partial charge in [0.05, 0.1) is 5.56 Å². The van der Waals surface area contributed by atoms with Gasteiger partial charge in [0.2, 0.25) is 0 Å². The van der Waals surface area contributed by atoms with E-state index in [-0.39, 0.29) is 17.5 Å².